The SMILES string of the molecule is CN(CCOc1ccc([N+](=O)[O-])cc1)CC(O)C(F)(F)F. The lowest BCUT2D eigenvalue weighted by Crippen LogP contribution is -2.40. The van der Waals surface area contributed by atoms with Crippen molar-refractivity contribution in [3.63, 3.8) is 0 Å². The number of benzene rings is 1. The van der Waals surface area contributed by atoms with Gasteiger partial charge in [-0.1, -0.05) is 0 Å². The molecule has 0 saturated heterocycles. The quantitative estimate of drug-likeness (QED) is 0.614. The number of rotatable bonds is 7. The number of nitrogens with zero attached hydrogens (tertiary/aromatic N) is 2. The van der Waals surface area contributed by atoms with E-state index in [0.29, 0.717) is 5.75 Å². The summed E-state index contributed by atoms with van der Waals surface area (Å²) in [5, 5.41) is 19.3. The first-order valence-corrected chi connectivity index (χ1v) is 6.00. The molecule has 6 nitrogen and oxygen atoms in total. The van der Waals surface area contributed by atoms with E-state index in [1.54, 1.807) is 0 Å². The van der Waals surface area contributed by atoms with Gasteiger partial charge in [0.25, 0.3) is 5.69 Å². The fraction of sp³-hybridized carbons (Fsp3) is 0.500. The Kier molecular flexibility index (Phi) is 5.91. The highest BCUT2D eigenvalue weighted by Gasteiger charge is 2.38. The van der Waals surface area contributed by atoms with Crippen molar-refractivity contribution in [3.8, 4) is 5.75 Å². The third kappa shape index (κ3) is 5.96. The Morgan fingerprint density at radius 2 is 1.95 bits per heavy atom. The number of alkyl halides is 3. The molecule has 0 aromatic heterocycles. The molecule has 21 heavy (non-hydrogen) atoms. The van der Waals surface area contributed by atoms with E-state index in [-0.39, 0.29) is 18.8 Å². The van der Waals surface area contributed by atoms with E-state index in [2.05, 4.69) is 0 Å². The number of nitro groups is 1. The van der Waals surface area contributed by atoms with Gasteiger partial charge in [-0.2, -0.15) is 13.2 Å². The molecule has 0 saturated carbocycles. The monoisotopic (exact) mass is 308 g/mol. The molecule has 118 valence electrons. The molecule has 0 spiro atoms. The average Bonchev–Trinajstić information content (AvgIpc) is 2.38. The Morgan fingerprint density at radius 3 is 2.43 bits per heavy atom. The van der Waals surface area contributed by atoms with Gasteiger partial charge in [-0.05, 0) is 19.2 Å². The van der Waals surface area contributed by atoms with Crippen molar-refractivity contribution in [1.82, 2.24) is 4.90 Å². The second-order valence-electron chi connectivity index (χ2n) is 4.42. The molecule has 0 amide bonds. The zero-order chi connectivity index (χ0) is 16.0. The van der Waals surface area contributed by atoms with E-state index in [0.717, 1.165) is 0 Å². The molecule has 0 aliphatic heterocycles. The summed E-state index contributed by atoms with van der Waals surface area (Å²) in [7, 11) is 1.42. The minimum absolute atomic E-state index is 0.0761. The summed E-state index contributed by atoms with van der Waals surface area (Å²) in [6, 6.07) is 5.35. The van der Waals surface area contributed by atoms with Crippen LogP contribution in [0.25, 0.3) is 0 Å². The first-order valence-electron chi connectivity index (χ1n) is 6.00. The van der Waals surface area contributed by atoms with Gasteiger partial charge in [0, 0.05) is 25.2 Å². The van der Waals surface area contributed by atoms with Crippen LogP contribution < -0.4 is 4.74 Å². The molecule has 1 atom stereocenters. The zero-order valence-electron chi connectivity index (χ0n) is 11.2. The van der Waals surface area contributed by atoms with E-state index < -0.39 is 23.7 Å². The molecule has 1 unspecified atom stereocenters. The Labute approximate surface area is 118 Å². The van der Waals surface area contributed by atoms with Crippen LogP contribution in [-0.4, -0.2) is 54.0 Å². The summed E-state index contributed by atoms with van der Waals surface area (Å²) in [4.78, 5) is 11.2. The predicted molar refractivity (Wildman–Crippen MR) is 68.2 cm³/mol. The molecular weight excluding hydrogens is 293 g/mol. The van der Waals surface area contributed by atoms with Crippen LogP contribution in [0.15, 0.2) is 24.3 Å². The van der Waals surface area contributed by atoms with Crippen molar-refractivity contribution >= 4 is 5.69 Å². The van der Waals surface area contributed by atoms with E-state index in [1.807, 2.05) is 0 Å². The van der Waals surface area contributed by atoms with Crippen LogP contribution in [0.4, 0.5) is 18.9 Å². The maximum atomic E-state index is 12.1. The standard InChI is InChI=1S/C12H15F3N2O4/c1-16(8-11(18)12(13,14)15)6-7-21-10-4-2-9(3-5-10)17(19)20/h2-5,11,18H,6-8H2,1H3. The normalized spacial score (nSPS) is 13.2. The summed E-state index contributed by atoms with van der Waals surface area (Å²) >= 11 is 0. The number of hydrogen-bond donors (Lipinski definition) is 1. The minimum Gasteiger partial charge on any atom is -0.492 e. The van der Waals surface area contributed by atoms with Gasteiger partial charge in [-0.25, -0.2) is 0 Å². The van der Waals surface area contributed by atoms with Crippen LogP contribution in [0.1, 0.15) is 0 Å². The van der Waals surface area contributed by atoms with Crippen LogP contribution in [-0.2, 0) is 0 Å². The molecule has 1 aromatic rings. The first-order chi connectivity index (χ1) is 9.70. The van der Waals surface area contributed by atoms with Crippen LogP contribution in [0, 0.1) is 10.1 Å². The van der Waals surface area contributed by atoms with Crippen molar-refractivity contribution in [2.24, 2.45) is 0 Å². The van der Waals surface area contributed by atoms with E-state index >= 15 is 0 Å². The van der Waals surface area contributed by atoms with Gasteiger partial charge in [-0.3, -0.25) is 10.1 Å². The van der Waals surface area contributed by atoms with Gasteiger partial charge in [0.05, 0.1) is 4.92 Å². The van der Waals surface area contributed by atoms with Crippen molar-refractivity contribution in [1.29, 1.82) is 0 Å². The van der Waals surface area contributed by atoms with Crippen molar-refractivity contribution in [3.05, 3.63) is 34.4 Å². The van der Waals surface area contributed by atoms with Crippen LogP contribution in [0.3, 0.4) is 0 Å². The molecule has 0 fully saturated rings. The molecule has 1 N–H and O–H groups in total. The Hall–Kier alpha value is -1.87. The average molecular weight is 308 g/mol. The van der Waals surface area contributed by atoms with Crippen LogP contribution in [0.5, 0.6) is 5.75 Å². The minimum atomic E-state index is -4.65. The van der Waals surface area contributed by atoms with Crippen LogP contribution in [0.2, 0.25) is 0 Å². The molecule has 0 bridgehead atoms. The summed E-state index contributed by atoms with van der Waals surface area (Å²) in [6.45, 7) is -0.282. The Balaban J connectivity index is 2.34. The number of halogens is 3. The van der Waals surface area contributed by atoms with Gasteiger partial charge >= 0.3 is 6.18 Å². The topological polar surface area (TPSA) is 75.8 Å². The van der Waals surface area contributed by atoms with E-state index in [1.165, 1.54) is 36.2 Å². The van der Waals surface area contributed by atoms with E-state index in [4.69, 9.17) is 9.84 Å². The number of hydrogen-bond acceptors (Lipinski definition) is 5. The number of nitro benzene ring substituents is 1. The van der Waals surface area contributed by atoms with Crippen LogP contribution >= 0.6 is 0 Å². The second kappa shape index (κ2) is 7.23. The number of aliphatic hydroxyl groups is 1. The summed E-state index contributed by atoms with van der Waals surface area (Å²) in [6.07, 6.45) is -7.05. The number of aliphatic hydroxyl groups excluding tert-OH is 1. The van der Waals surface area contributed by atoms with Crippen molar-refractivity contribution < 1.29 is 27.9 Å². The highest BCUT2D eigenvalue weighted by molar-refractivity contribution is 5.35. The zero-order valence-corrected chi connectivity index (χ0v) is 11.2. The molecular formula is C12H15F3N2O4. The van der Waals surface area contributed by atoms with Crippen molar-refractivity contribution in [2.45, 2.75) is 12.3 Å². The summed E-state index contributed by atoms with van der Waals surface area (Å²) < 4.78 is 41.7. The molecule has 0 radical (unpaired) electrons. The fourth-order valence-electron chi connectivity index (χ4n) is 1.47. The lowest BCUT2D eigenvalue weighted by Gasteiger charge is -2.22. The number of ether oxygens (including phenoxy) is 1. The third-order valence-corrected chi connectivity index (χ3v) is 2.65. The highest BCUT2D eigenvalue weighted by Crippen LogP contribution is 2.20. The molecule has 1 aromatic carbocycles. The maximum Gasteiger partial charge on any atom is 0.415 e. The molecule has 9 heteroatoms. The molecule has 0 aliphatic rings. The number of non-ortho nitro benzene ring substituents is 1. The Bertz CT molecular complexity index is 465. The van der Waals surface area contributed by atoms with Gasteiger partial charge in [0.1, 0.15) is 12.4 Å². The van der Waals surface area contributed by atoms with Gasteiger partial charge in [0.15, 0.2) is 6.10 Å². The highest BCUT2D eigenvalue weighted by atomic mass is 19.4. The maximum absolute atomic E-state index is 12.1. The van der Waals surface area contributed by atoms with Gasteiger partial charge in [-0.15, -0.1) is 0 Å². The summed E-state index contributed by atoms with van der Waals surface area (Å²) in [5.41, 5.74) is -0.0761. The molecule has 1 rings (SSSR count). The summed E-state index contributed by atoms with van der Waals surface area (Å²) in [5.74, 6) is 0.380. The smallest absolute Gasteiger partial charge is 0.415 e. The Morgan fingerprint density at radius 1 is 1.38 bits per heavy atom. The largest absolute Gasteiger partial charge is 0.492 e. The van der Waals surface area contributed by atoms with Crippen molar-refractivity contribution in [2.75, 3.05) is 26.7 Å². The number of likely N-dealkylation sites (N-methyl/N-ethyl adjacent to an activating group) is 1. The first kappa shape index (κ1) is 17.2. The lowest BCUT2D eigenvalue weighted by molar-refractivity contribution is -0.384. The predicted octanol–water partition coefficient (Wildman–Crippen LogP) is 1.83. The lowest BCUT2D eigenvalue weighted by atomic mass is 10.3. The molecule has 0 heterocycles. The van der Waals surface area contributed by atoms with Gasteiger partial charge in [0.2, 0.25) is 0 Å². The third-order valence-electron chi connectivity index (χ3n) is 2.65. The second-order valence-corrected chi connectivity index (χ2v) is 4.42. The van der Waals surface area contributed by atoms with E-state index in [9.17, 15) is 23.3 Å². The molecule has 0 aliphatic carbocycles. The fourth-order valence-corrected chi connectivity index (χ4v) is 1.47. The van der Waals surface area contributed by atoms with Gasteiger partial charge < -0.3 is 14.7 Å².